The van der Waals surface area contributed by atoms with Crippen molar-refractivity contribution in [3.63, 3.8) is 0 Å². The van der Waals surface area contributed by atoms with Crippen LogP contribution in [0.25, 0.3) is 0 Å². The minimum absolute atomic E-state index is 0.00686. The number of hydrogen-bond donors (Lipinski definition) is 1. The molecule has 0 spiro atoms. The topological polar surface area (TPSA) is 65.9 Å². The van der Waals surface area contributed by atoms with E-state index < -0.39 is 0 Å². The average molecular weight is 468 g/mol. The Morgan fingerprint density at radius 2 is 2.09 bits per heavy atom. The molecule has 0 unspecified atom stereocenters. The zero-order chi connectivity index (χ0) is 24.7. The molecular weight excluding hydrogens is 433 g/mol. The maximum absolute atomic E-state index is 13.4. The van der Waals surface area contributed by atoms with Crippen LogP contribution in [0.4, 0.5) is 4.39 Å². The highest BCUT2D eigenvalue weighted by Gasteiger charge is 2.34. The molecule has 2 heterocycles. The Morgan fingerprint density at radius 3 is 2.76 bits per heavy atom. The van der Waals surface area contributed by atoms with Crippen LogP contribution in [0.3, 0.4) is 0 Å². The molecule has 3 rings (SSSR count). The number of pyridine rings is 1. The number of rotatable bonds is 7. The SMILES string of the molecule is CCCC#Cc1cnc2c(c1)C(=O)N([C@H](C)CO)C[C@@H](C)[C@H](CN(C)Cc1ccc(F)cc1)O2. The molecule has 34 heavy (non-hydrogen) atoms. The van der Waals surface area contributed by atoms with Gasteiger partial charge in [0.2, 0.25) is 5.88 Å². The third-order valence-corrected chi connectivity index (χ3v) is 5.99. The van der Waals surface area contributed by atoms with E-state index in [1.807, 2.05) is 20.9 Å². The second-order valence-electron chi connectivity index (χ2n) is 9.07. The van der Waals surface area contributed by atoms with Crippen LogP contribution in [0, 0.1) is 23.6 Å². The average Bonchev–Trinajstić information content (AvgIpc) is 2.82. The molecule has 0 saturated carbocycles. The van der Waals surface area contributed by atoms with Gasteiger partial charge in [0.1, 0.15) is 17.5 Å². The van der Waals surface area contributed by atoms with Gasteiger partial charge in [0.25, 0.3) is 5.91 Å². The van der Waals surface area contributed by atoms with E-state index in [1.165, 1.54) is 12.1 Å². The number of aliphatic hydroxyl groups is 1. The van der Waals surface area contributed by atoms with Crippen molar-refractivity contribution in [1.82, 2.24) is 14.8 Å². The standard InChI is InChI=1S/C27H34FN3O3/c1-5-6-7-8-22-13-24-26(29-14-22)34-25(19(2)15-31(27(24)33)20(3)18-32)17-30(4)16-21-9-11-23(28)12-10-21/h9-14,19-20,25,32H,5-6,15-18H2,1-4H3/t19-,20-,25+/m1/s1. The Morgan fingerprint density at radius 1 is 1.35 bits per heavy atom. The number of halogens is 1. The van der Waals surface area contributed by atoms with Crippen LogP contribution < -0.4 is 4.74 Å². The highest BCUT2D eigenvalue weighted by Crippen LogP contribution is 2.27. The van der Waals surface area contributed by atoms with E-state index in [0.717, 1.165) is 18.4 Å². The van der Waals surface area contributed by atoms with E-state index in [9.17, 15) is 14.3 Å². The second-order valence-corrected chi connectivity index (χ2v) is 9.07. The molecule has 6 nitrogen and oxygen atoms in total. The molecule has 182 valence electrons. The van der Waals surface area contributed by atoms with Crippen molar-refractivity contribution in [2.45, 2.75) is 52.3 Å². The Labute approximate surface area is 201 Å². The number of benzene rings is 1. The van der Waals surface area contributed by atoms with Crippen molar-refractivity contribution in [2.75, 3.05) is 26.7 Å². The number of likely N-dealkylation sites (N-methyl/N-ethyl adjacent to an activating group) is 1. The van der Waals surface area contributed by atoms with E-state index >= 15 is 0 Å². The van der Waals surface area contributed by atoms with E-state index in [0.29, 0.717) is 30.8 Å². The van der Waals surface area contributed by atoms with Gasteiger partial charge in [0.05, 0.1) is 12.6 Å². The highest BCUT2D eigenvalue weighted by molar-refractivity contribution is 5.97. The number of ether oxygens (including phenoxy) is 1. The maximum atomic E-state index is 13.4. The molecule has 2 aromatic rings. The fraction of sp³-hybridized carbons (Fsp3) is 0.481. The van der Waals surface area contributed by atoms with Crippen LogP contribution >= 0.6 is 0 Å². The van der Waals surface area contributed by atoms with Crippen molar-refractivity contribution in [3.8, 4) is 17.7 Å². The molecule has 1 amide bonds. The van der Waals surface area contributed by atoms with Gasteiger partial charge in [0, 0.05) is 43.7 Å². The molecule has 1 aliphatic rings. The number of amides is 1. The van der Waals surface area contributed by atoms with Gasteiger partial charge in [0.15, 0.2) is 0 Å². The first-order chi connectivity index (χ1) is 16.3. The first-order valence-electron chi connectivity index (χ1n) is 11.8. The molecule has 1 aromatic carbocycles. The van der Waals surface area contributed by atoms with Gasteiger partial charge in [-0.3, -0.25) is 9.69 Å². The van der Waals surface area contributed by atoms with Crippen molar-refractivity contribution in [2.24, 2.45) is 5.92 Å². The van der Waals surface area contributed by atoms with Crippen LogP contribution in [0.15, 0.2) is 36.5 Å². The predicted molar refractivity (Wildman–Crippen MR) is 130 cm³/mol. The van der Waals surface area contributed by atoms with Crippen LogP contribution in [0.5, 0.6) is 5.88 Å². The Kier molecular flexibility index (Phi) is 9.03. The third kappa shape index (κ3) is 6.55. The predicted octanol–water partition coefficient (Wildman–Crippen LogP) is 3.72. The van der Waals surface area contributed by atoms with Gasteiger partial charge in [-0.15, -0.1) is 0 Å². The van der Waals surface area contributed by atoms with Crippen LogP contribution in [0.2, 0.25) is 0 Å². The van der Waals surface area contributed by atoms with E-state index in [1.54, 1.807) is 29.3 Å². The molecule has 0 aliphatic carbocycles. The molecule has 3 atom stereocenters. The number of hydrogen-bond acceptors (Lipinski definition) is 5. The first kappa shape index (κ1) is 25.7. The summed E-state index contributed by atoms with van der Waals surface area (Å²) in [5, 5.41) is 9.80. The summed E-state index contributed by atoms with van der Waals surface area (Å²) in [6.07, 6.45) is 3.13. The fourth-order valence-corrected chi connectivity index (χ4v) is 3.95. The summed E-state index contributed by atoms with van der Waals surface area (Å²) < 4.78 is 19.6. The molecule has 0 saturated heterocycles. The number of unbranched alkanes of at least 4 members (excludes halogenated alkanes) is 1. The number of fused-ring (bicyclic) bond motifs is 1. The summed E-state index contributed by atoms with van der Waals surface area (Å²) in [6, 6.07) is 7.86. The van der Waals surface area contributed by atoms with Gasteiger partial charge < -0.3 is 14.7 Å². The first-order valence-corrected chi connectivity index (χ1v) is 11.8. The summed E-state index contributed by atoms with van der Waals surface area (Å²) in [4.78, 5) is 21.7. The molecule has 7 heteroatoms. The number of nitrogens with zero attached hydrogens (tertiary/aromatic N) is 3. The lowest BCUT2D eigenvalue weighted by Crippen LogP contribution is -2.49. The fourth-order valence-electron chi connectivity index (χ4n) is 3.95. The minimum atomic E-state index is -0.340. The largest absolute Gasteiger partial charge is 0.472 e. The molecule has 0 fully saturated rings. The van der Waals surface area contributed by atoms with Crippen molar-refractivity contribution in [1.29, 1.82) is 0 Å². The second kappa shape index (κ2) is 12.0. The number of aliphatic hydroxyl groups excluding tert-OH is 1. The van der Waals surface area contributed by atoms with Gasteiger partial charge in [-0.25, -0.2) is 9.37 Å². The number of aromatic nitrogens is 1. The van der Waals surface area contributed by atoms with Gasteiger partial charge in [-0.1, -0.05) is 37.8 Å². The normalized spacial score (nSPS) is 18.9. The van der Waals surface area contributed by atoms with Gasteiger partial charge in [-0.2, -0.15) is 0 Å². The van der Waals surface area contributed by atoms with Gasteiger partial charge >= 0.3 is 0 Å². The summed E-state index contributed by atoms with van der Waals surface area (Å²) in [5.41, 5.74) is 2.03. The zero-order valence-corrected chi connectivity index (χ0v) is 20.4. The lowest BCUT2D eigenvalue weighted by Gasteiger charge is -2.37. The molecular formula is C27H34FN3O3. The Bertz CT molecular complexity index is 1030. The zero-order valence-electron chi connectivity index (χ0n) is 20.4. The van der Waals surface area contributed by atoms with E-state index in [-0.39, 0.29) is 42.3 Å². The summed E-state index contributed by atoms with van der Waals surface area (Å²) in [6.45, 7) is 7.47. The highest BCUT2D eigenvalue weighted by atomic mass is 19.1. The smallest absolute Gasteiger partial charge is 0.259 e. The van der Waals surface area contributed by atoms with Crippen LogP contribution in [0.1, 0.15) is 55.1 Å². The molecule has 1 aliphatic heterocycles. The third-order valence-electron chi connectivity index (χ3n) is 5.99. The van der Waals surface area contributed by atoms with E-state index in [4.69, 9.17) is 4.74 Å². The van der Waals surface area contributed by atoms with Crippen LogP contribution in [-0.4, -0.2) is 64.7 Å². The maximum Gasteiger partial charge on any atom is 0.259 e. The molecule has 0 radical (unpaired) electrons. The molecule has 1 N–H and O–H groups in total. The van der Waals surface area contributed by atoms with Crippen molar-refractivity contribution >= 4 is 5.91 Å². The summed E-state index contributed by atoms with van der Waals surface area (Å²) >= 11 is 0. The summed E-state index contributed by atoms with van der Waals surface area (Å²) in [5.74, 6) is 5.97. The minimum Gasteiger partial charge on any atom is -0.472 e. The summed E-state index contributed by atoms with van der Waals surface area (Å²) in [7, 11) is 1.98. The molecule has 1 aromatic heterocycles. The number of carbonyl (C=O) groups is 1. The van der Waals surface area contributed by atoms with Crippen molar-refractivity contribution < 1.29 is 19.0 Å². The Hall–Kier alpha value is -2.95. The lowest BCUT2D eigenvalue weighted by atomic mass is 9.99. The van der Waals surface area contributed by atoms with Crippen molar-refractivity contribution in [3.05, 3.63) is 59.0 Å². The Balaban J connectivity index is 1.88. The monoisotopic (exact) mass is 467 g/mol. The quantitative estimate of drug-likeness (QED) is 0.629. The van der Waals surface area contributed by atoms with Gasteiger partial charge in [-0.05, 0) is 44.2 Å². The molecule has 0 bridgehead atoms. The van der Waals surface area contributed by atoms with Crippen LogP contribution in [-0.2, 0) is 6.54 Å². The van der Waals surface area contributed by atoms with E-state index in [2.05, 4.69) is 28.6 Å². The number of carbonyl (C=O) groups excluding carboxylic acids is 1. The lowest BCUT2D eigenvalue weighted by molar-refractivity contribution is 0.0325.